The highest BCUT2D eigenvalue weighted by Gasteiger charge is 2.18. The van der Waals surface area contributed by atoms with E-state index in [1.165, 1.54) is 0 Å². The fourth-order valence-electron chi connectivity index (χ4n) is 4.42. The summed E-state index contributed by atoms with van der Waals surface area (Å²) in [7, 11) is 0. The van der Waals surface area contributed by atoms with Crippen LogP contribution in [-0.4, -0.2) is 30.4 Å². The molecule has 0 radical (unpaired) electrons. The SMILES string of the molecule is NC(=O)CCn1c(-c2ccc(-c3ccncc3)s2)nc2cc3[nH]c(=O)c(Cc4ccccc4)nc3cc21. The van der Waals surface area contributed by atoms with E-state index in [4.69, 9.17) is 15.7 Å². The molecule has 1 amide bonds. The molecule has 0 aliphatic rings. The van der Waals surface area contributed by atoms with Crippen molar-refractivity contribution in [2.75, 3.05) is 0 Å². The van der Waals surface area contributed by atoms with E-state index < -0.39 is 0 Å². The molecule has 0 spiro atoms. The van der Waals surface area contributed by atoms with Crippen molar-refractivity contribution >= 4 is 39.3 Å². The molecular weight excluding hydrogens is 484 g/mol. The van der Waals surface area contributed by atoms with Gasteiger partial charge in [0, 0.05) is 36.7 Å². The van der Waals surface area contributed by atoms with E-state index in [9.17, 15) is 9.59 Å². The lowest BCUT2D eigenvalue weighted by Gasteiger charge is -2.08. The van der Waals surface area contributed by atoms with Crippen LogP contribution in [0, 0.1) is 0 Å². The van der Waals surface area contributed by atoms with Crippen LogP contribution in [0.15, 0.2) is 83.9 Å². The topological polar surface area (TPSA) is 120 Å². The number of H-pyrrole nitrogens is 1. The molecule has 0 saturated heterocycles. The third-order valence-electron chi connectivity index (χ3n) is 6.22. The maximum atomic E-state index is 12.8. The molecule has 182 valence electrons. The molecule has 9 heteroatoms. The number of rotatable bonds is 7. The van der Waals surface area contributed by atoms with Crippen LogP contribution in [0.4, 0.5) is 0 Å². The molecule has 37 heavy (non-hydrogen) atoms. The van der Waals surface area contributed by atoms with Crippen molar-refractivity contribution in [1.82, 2.24) is 24.5 Å². The quantitative estimate of drug-likeness (QED) is 0.330. The number of aromatic amines is 1. The van der Waals surface area contributed by atoms with Gasteiger partial charge in [-0.3, -0.25) is 14.6 Å². The Balaban J connectivity index is 1.48. The van der Waals surface area contributed by atoms with Gasteiger partial charge in [0.2, 0.25) is 5.91 Å². The first kappa shape index (κ1) is 22.8. The molecule has 8 nitrogen and oxygen atoms in total. The van der Waals surface area contributed by atoms with E-state index in [0.717, 1.165) is 32.2 Å². The van der Waals surface area contributed by atoms with Gasteiger partial charge < -0.3 is 15.3 Å². The number of amides is 1. The van der Waals surface area contributed by atoms with Crippen molar-refractivity contribution in [2.24, 2.45) is 5.73 Å². The van der Waals surface area contributed by atoms with E-state index in [1.54, 1.807) is 23.7 Å². The largest absolute Gasteiger partial charge is 0.370 e. The summed E-state index contributed by atoms with van der Waals surface area (Å²) in [5, 5.41) is 0. The van der Waals surface area contributed by atoms with Crippen LogP contribution in [0.3, 0.4) is 0 Å². The highest BCUT2D eigenvalue weighted by molar-refractivity contribution is 7.18. The van der Waals surface area contributed by atoms with Crippen LogP contribution < -0.4 is 11.3 Å². The smallest absolute Gasteiger partial charge is 0.270 e. The van der Waals surface area contributed by atoms with Crippen molar-refractivity contribution < 1.29 is 4.79 Å². The molecule has 0 unspecified atom stereocenters. The number of fused-ring (bicyclic) bond motifs is 2. The van der Waals surface area contributed by atoms with Gasteiger partial charge in [0.25, 0.3) is 5.56 Å². The second kappa shape index (κ2) is 9.44. The van der Waals surface area contributed by atoms with Gasteiger partial charge in [-0.25, -0.2) is 9.97 Å². The minimum Gasteiger partial charge on any atom is -0.370 e. The Labute approximate surface area is 215 Å². The van der Waals surface area contributed by atoms with Crippen LogP contribution >= 0.6 is 11.3 Å². The van der Waals surface area contributed by atoms with Gasteiger partial charge in [-0.15, -0.1) is 11.3 Å². The number of nitrogens with two attached hydrogens (primary N) is 1. The first-order valence-electron chi connectivity index (χ1n) is 11.8. The number of aryl methyl sites for hydroxylation is 1. The third kappa shape index (κ3) is 4.52. The van der Waals surface area contributed by atoms with Gasteiger partial charge in [-0.1, -0.05) is 30.3 Å². The first-order chi connectivity index (χ1) is 18.0. The summed E-state index contributed by atoms with van der Waals surface area (Å²) < 4.78 is 2.01. The maximum absolute atomic E-state index is 12.8. The van der Waals surface area contributed by atoms with Gasteiger partial charge in [0.05, 0.1) is 26.9 Å². The second-order valence-electron chi connectivity index (χ2n) is 8.74. The van der Waals surface area contributed by atoms with Crippen molar-refractivity contribution in [2.45, 2.75) is 19.4 Å². The van der Waals surface area contributed by atoms with E-state index >= 15 is 0 Å². The van der Waals surface area contributed by atoms with E-state index in [0.29, 0.717) is 35.2 Å². The van der Waals surface area contributed by atoms with Gasteiger partial charge in [-0.05, 0) is 47.5 Å². The van der Waals surface area contributed by atoms with Crippen LogP contribution in [0.5, 0.6) is 0 Å². The van der Waals surface area contributed by atoms with E-state index in [-0.39, 0.29) is 17.9 Å². The Morgan fingerprint density at radius 3 is 2.51 bits per heavy atom. The van der Waals surface area contributed by atoms with Crippen LogP contribution in [0.2, 0.25) is 0 Å². The van der Waals surface area contributed by atoms with Crippen molar-refractivity contribution in [1.29, 1.82) is 0 Å². The Kier molecular flexibility index (Phi) is 5.82. The molecule has 6 rings (SSSR count). The fraction of sp³-hybridized carbons (Fsp3) is 0.107. The minimum atomic E-state index is -0.384. The normalized spacial score (nSPS) is 11.4. The van der Waals surface area contributed by atoms with Crippen LogP contribution in [-0.2, 0) is 17.8 Å². The lowest BCUT2D eigenvalue weighted by molar-refractivity contribution is -0.118. The predicted molar refractivity (Wildman–Crippen MR) is 145 cm³/mol. The molecule has 0 aliphatic carbocycles. The molecule has 0 aliphatic heterocycles. The zero-order chi connectivity index (χ0) is 25.4. The molecular formula is C28H22N6O2S. The van der Waals surface area contributed by atoms with E-state index in [1.807, 2.05) is 65.2 Å². The summed E-state index contributed by atoms with van der Waals surface area (Å²) >= 11 is 1.61. The molecule has 2 aromatic carbocycles. The summed E-state index contributed by atoms with van der Waals surface area (Å²) in [6, 6.07) is 21.5. The van der Waals surface area contributed by atoms with Gasteiger partial charge >= 0.3 is 0 Å². The van der Waals surface area contributed by atoms with Crippen molar-refractivity contribution in [3.63, 3.8) is 0 Å². The third-order valence-corrected chi connectivity index (χ3v) is 7.35. The first-order valence-corrected chi connectivity index (χ1v) is 12.6. The summed E-state index contributed by atoms with van der Waals surface area (Å²) in [5.74, 6) is 0.355. The lowest BCUT2D eigenvalue weighted by atomic mass is 10.1. The lowest BCUT2D eigenvalue weighted by Crippen LogP contribution is -2.16. The number of hydrogen-bond donors (Lipinski definition) is 2. The number of aromatic nitrogens is 5. The number of imidazole rings is 1. The van der Waals surface area contributed by atoms with Gasteiger partial charge in [-0.2, -0.15) is 0 Å². The number of carbonyl (C=O) groups is 1. The zero-order valence-corrected chi connectivity index (χ0v) is 20.5. The molecule has 0 fully saturated rings. The molecule has 4 aromatic heterocycles. The highest BCUT2D eigenvalue weighted by atomic mass is 32.1. The average Bonchev–Trinajstić information content (AvgIpc) is 3.53. The van der Waals surface area contributed by atoms with E-state index in [2.05, 4.69) is 16.0 Å². The Morgan fingerprint density at radius 1 is 0.946 bits per heavy atom. The Bertz CT molecular complexity index is 1810. The average molecular weight is 507 g/mol. The van der Waals surface area contributed by atoms with Crippen molar-refractivity contribution in [3.05, 3.63) is 101 Å². The summed E-state index contributed by atoms with van der Waals surface area (Å²) in [4.78, 5) is 43.2. The van der Waals surface area contributed by atoms with Gasteiger partial charge in [0.1, 0.15) is 5.69 Å². The summed E-state index contributed by atoms with van der Waals surface area (Å²) in [6.07, 6.45) is 4.14. The molecule has 0 atom stereocenters. The second-order valence-corrected chi connectivity index (χ2v) is 9.82. The van der Waals surface area contributed by atoms with Gasteiger partial charge in [0.15, 0.2) is 5.82 Å². The standard InChI is InChI=1S/C28H22N6O2S/c29-26(35)10-13-34-23-16-20-19(33-28(36)22(31-20)14-17-4-2-1-3-5-17)15-21(23)32-27(34)25-7-6-24(37-25)18-8-11-30-12-9-18/h1-9,11-12,15-16H,10,13-14H2,(H2,29,35)(H,33,36). The number of thiophene rings is 1. The minimum absolute atomic E-state index is 0.178. The van der Waals surface area contributed by atoms with Crippen LogP contribution in [0.1, 0.15) is 17.7 Å². The monoisotopic (exact) mass is 506 g/mol. The summed E-state index contributed by atoms with van der Waals surface area (Å²) in [6.45, 7) is 0.384. The van der Waals surface area contributed by atoms with Crippen LogP contribution in [0.25, 0.3) is 43.2 Å². The van der Waals surface area contributed by atoms with Crippen molar-refractivity contribution in [3.8, 4) is 21.1 Å². The molecule has 0 bridgehead atoms. The number of benzene rings is 2. The molecule has 0 saturated carbocycles. The predicted octanol–water partition coefficient (Wildman–Crippen LogP) is 4.53. The summed E-state index contributed by atoms with van der Waals surface area (Å²) in [5.41, 5.74) is 10.6. The number of hydrogen-bond acceptors (Lipinski definition) is 6. The number of pyridine rings is 1. The fourth-order valence-corrected chi connectivity index (χ4v) is 5.43. The number of nitrogens with one attached hydrogen (secondary N) is 1. The zero-order valence-electron chi connectivity index (χ0n) is 19.7. The number of carbonyl (C=O) groups excluding carboxylic acids is 1. The maximum Gasteiger partial charge on any atom is 0.270 e. The Hall–Kier alpha value is -4.63. The Morgan fingerprint density at radius 2 is 1.73 bits per heavy atom. The molecule has 6 aromatic rings. The number of primary amides is 1. The highest BCUT2D eigenvalue weighted by Crippen LogP contribution is 2.36. The number of nitrogens with zero attached hydrogens (tertiary/aromatic N) is 4. The molecule has 3 N–H and O–H groups in total. The molecule has 4 heterocycles.